The van der Waals surface area contributed by atoms with Gasteiger partial charge in [-0.1, -0.05) is 23.7 Å². The number of carbonyl (C=O) groups excluding carboxylic acids is 1. The first-order chi connectivity index (χ1) is 14.8. The largest absolute Gasteiger partial charge is 0.423 e. The van der Waals surface area contributed by atoms with E-state index in [1.165, 1.54) is 24.4 Å². The summed E-state index contributed by atoms with van der Waals surface area (Å²) in [6.45, 7) is 0. The van der Waals surface area contributed by atoms with Gasteiger partial charge in [0.1, 0.15) is 11.4 Å². The number of nitro groups is 2. The van der Waals surface area contributed by atoms with E-state index in [1.807, 2.05) is 0 Å². The number of hydrogen-bond acceptors (Lipinski definition) is 8. The lowest BCUT2D eigenvalue weighted by atomic mass is 10.2. The molecule has 10 nitrogen and oxygen atoms in total. The molecule has 0 heterocycles. The van der Waals surface area contributed by atoms with Gasteiger partial charge in [-0.15, -0.1) is 0 Å². The third-order valence-corrected chi connectivity index (χ3v) is 4.19. The highest BCUT2D eigenvalue weighted by molar-refractivity contribution is 6.30. The second-order valence-electron chi connectivity index (χ2n) is 6.05. The predicted octanol–water partition coefficient (Wildman–Crippen LogP) is 4.82. The van der Waals surface area contributed by atoms with Crippen LogP contribution in [0.1, 0.15) is 15.9 Å². The molecule has 0 saturated carbocycles. The number of nitro benzene ring substituents is 2. The third kappa shape index (κ3) is 5.61. The van der Waals surface area contributed by atoms with Gasteiger partial charge in [0, 0.05) is 11.1 Å². The molecule has 3 rings (SSSR count). The summed E-state index contributed by atoms with van der Waals surface area (Å²) in [5, 5.41) is 26.3. The van der Waals surface area contributed by atoms with Crippen LogP contribution < -0.4 is 10.2 Å². The second kappa shape index (κ2) is 9.46. The molecule has 0 fully saturated rings. The Morgan fingerprint density at radius 3 is 2.42 bits per heavy atom. The fourth-order valence-corrected chi connectivity index (χ4v) is 2.59. The minimum Gasteiger partial charge on any atom is -0.423 e. The van der Waals surface area contributed by atoms with E-state index in [2.05, 4.69) is 10.5 Å². The lowest BCUT2D eigenvalue weighted by molar-refractivity contribution is -0.393. The van der Waals surface area contributed by atoms with Crippen LogP contribution in [0.3, 0.4) is 0 Å². The van der Waals surface area contributed by atoms with Gasteiger partial charge in [-0.05, 0) is 48.0 Å². The molecule has 0 amide bonds. The fraction of sp³-hybridized carbons (Fsp3) is 0. The Bertz CT molecular complexity index is 1180. The van der Waals surface area contributed by atoms with E-state index in [1.54, 1.807) is 36.4 Å². The van der Waals surface area contributed by atoms with Crippen molar-refractivity contribution in [1.82, 2.24) is 0 Å². The maximum atomic E-state index is 12.2. The molecule has 0 saturated heterocycles. The maximum absolute atomic E-state index is 12.2. The number of halogens is 1. The van der Waals surface area contributed by atoms with Crippen LogP contribution in [0.4, 0.5) is 17.1 Å². The Morgan fingerprint density at radius 2 is 1.74 bits per heavy atom. The highest BCUT2D eigenvalue weighted by atomic mass is 35.5. The quantitative estimate of drug-likeness (QED) is 0.183. The van der Waals surface area contributed by atoms with Gasteiger partial charge in [0.2, 0.25) is 0 Å². The molecule has 0 spiro atoms. The number of ether oxygens (including phenoxy) is 1. The Hall–Kier alpha value is -4.31. The number of carbonyl (C=O) groups is 1. The van der Waals surface area contributed by atoms with Crippen molar-refractivity contribution in [3.63, 3.8) is 0 Å². The molecule has 156 valence electrons. The summed E-state index contributed by atoms with van der Waals surface area (Å²) in [5.74, 6) is -0.296. The molecule has 0 radical (unpaired) electrons. The molecule has 0 aromatic heterocycles. The summed E-state index contributed by atoms with van der Waals surface area (Å²) in [6.07, 6.45) is 1.35. The number of nitrogens with zero attached hydrogens (tertiary/aromatic N) is 3. The van der Waals surface area contributed by atoms with E-state index in [0.717, 1.165) is 12.1 Å². The number of benzene rings is 3. The topological polar surface area (TPSA) is 137 Å². The van der Waals surface area contributed by atoms with Gasteiger partial charge in [-0.25, -0.2) is 4.79 Å². The van der Waals surface area contributed by atoms with E-state index in [9.17, 15) is 25.0 Å². The maximum Gasteiger partial charge on any atom is 0.343 e. The Morgan fingerprint density at radius 1 is 1.00 bits per heavy atom. The van der Waals surface area contributed by atoms with E-state index >= 15 is 0 Å². The zero-order chi connectivity index (χ0) is 22.4. The van der Waals surface area contributed by atoms with Gasteiger partial charge in [0.05, 0.1) is 27.7 Å². The summed E-state index contributed by atoms with van der Waals surface area (Å²) >= 11 is 5.80. The molecule has 0 aliphatic carbocycles. The second-order valence-corrected chi connectivity index (χ2v) is 6.49. The number of non-ortho nitro benzene ring substituents is 1. The van der Waals surface area contributed by atoms with Crippen LogP contribution in [0.25, 0.3) is 0 Å². The number of anilines is 1. The normalized spacial score (nSPS) is 10.6. The number of rotatable bonds is 7. The average Bonchev–Trinajstić information content (AvgIpc) is 2.74. The van der Waals surface area contributed by atoms with Crippen molar-refractivity contribution in [2.75, 3.05) is 5.43 Å². The monoisotopic (exact) mass is 440 g/mol. The summed E-state index contributed by atoms with van der Waals surface area (Å²) in [7, 11) is 0. The molecule has 3 aromatic carbocycles. The molecule has 31 heavy (non-hydrogen) atoms. The summed E-state index contributed by atoms with van der Waals surface area (Å²) in [4.78, 5) is 32.7. The van der Waals surface area contributed by atoms with E-state index in [-0.39, 0.29) is 11.4 Å². The van der Waals surface area contributed by atoms with Gasteiger partial charge in [-0.2, -0.15) is 5.10 Å². The highest BCUT2D eigenvalue weighted by Gasteiger charge is 2.19. The smallest absolute Gasteiger partial charge is 0.343 e. The average molecular weight is 441 g/mol. The van der Waals surface area contributed by atoms with Crippen molar-refractivity contribution in [2.24, 2.45) is 5.10 Å². The van der Waals surface area contributed by atoms with Gasteiger partial charge in [0.15, 0.2) is 0 Å². The van der Waals surface area contributed by atoms with Crippen molar-refractivity contribution in [3.8, 4) is 5.75 Å². The zero-order valence-corrected chi connectivity index (χ0v) is 16.4. The van der Waals surface area contributed by atoms with E-state index in [0.29, 0.717) is 16.1 Å². The number of hydrogen-bond donors (Lipinski definition) is 1. The first-order valence-electron chi connectivity index (χ1n) is 8.63. The van der Waals surface area contributed by atoms with E-state index in [4.69, 9.17) is 16.3 Å². The van der Waals surface area contributed by atoms with Crippen LogP contribution in [-0.4, -0.2) is 22.0 Å². The van der Waals surface area contributed by atoms with Crippen molar-refractivity contribution < 1.29 is 19.4 Å². The van der Waals surface area contributed by atoms with Crippen molar-refractivity contribution in [3.05, 3.63) is 103 Å². The highest BCUT2D eigenvalue weighted by Crippen LogP contribution is 2.28. The molecule has 0 bridgehead atoms. The van der Waals surface area contributed by atoms with Crippen LogP contribution in [0.5, 0.6) is 5.75 Å². The summed E-state index contributed by atoms with van der Waals surface area (Å²) < 4.78 is 5.31. The van der Waals surface area contributed by atoms with Crippen LogP contribution in [0.15, 0.2) is 71.8 Å². The molecular formula is C20H13ClN4O6. The third-order valence-electron chi connectivity index (χ3n) is 3.94. The first-order valence-corrected chi connectivity index (χ1v) is 9.01. The van der Waals surface area contributed by atoms with Gasteiger partial charge in [-0.3, -0.25) is 25.7 Å². The van der Waals surface area contributed by atoms with Crippen molar-refractivity contribution in [1.29, 1.82) is 0 Å². The Kier molecular flexibility index (Phi) is 6.53. The molecular weight excluding hydrogens is 428 g/mol. The first kappa shape index (κ1) is 21.4. The standard InChI is InChI=1S/C20H13ClN4O6/c21-15-6-4-14(5-7-15)20(26)31-17-3-1-2-13(10-17)12-22-23-18-9-8-16(24(27)28)11-19(18)25(29)30/h1-12,23H/b22-12-. The molecule has 0 atom stereocenters. The van der Waals surface area contributed by atoms with Crippen molar-refractivity contribution >= 4 is 40.8 Å². The van der Waals surface area contributed by atoms with Crippen molar-refractivity contribution in [2.45, 2.75) is 0 Å². The Labute approximate surface area is 180 Å². The summed E-state index contributed by atoms with van der Waals surface area (Å²) in [5.41, 5.74) is 2.44. The van der Waals surface area contributed by atoms with Gasteiger partial charge >= 0.3 is 11.7 Å². The number of hydrazone groups is 1. The minimum absolute atomic E-state index is 0.0165. The molecule has 0 unspecified atom stereocenters. The predicted molar refractivity (Wildman–Crippen MR) is 114 cm³/mol. The molecule has 1 N–H and O–H groups in total. The van der Waals surface area contributed by atoms with Crippen LogP contribution in [0, 0.1) is 20.2 Å². The SMILES string of the molecule is O=C(Oc1cccc(/C=N\Nc2ccc([N+](=O)[O-])cc2[N+](=O)[O-])c1)c1ccc(Cl)cc1. The zero-order valence-electron chi connectivity index (χ0n) is 15.6. The van der Waals surface area contributed by atoms with Gasteiger partial charge in [0.25, 0.3) is 5.69 Å². The van der Waals surface area contributed by atoms with Crippen LogP contribution in [0.2, 0.25) is 5.02 Å². The molecule has 0 aliphatic heterocycles. The minimum atomic E-state index is -0.748. The Balaban J connectivity index is 1.71. The fourth-order valence-electron chi connectivity index (χ4n) is 2.47. The van der Waals surface area contributed by atoms with E-state index < -0.39 is 27.2 Å². The molecule has 11 heteroatoms. The molecule has 3 aromatic rings. The summed E-state index contributed by atoms with van der Waals surface area (Å²) in [6, 6.07) is 15.8. The van der Waals surface area contributed by atoms with Gasteiger partial charge < -0.3 is 4.74 Å². The van der Waals surface area contributed by atoms with Crippen LogP contribution in [-0.2, 0) is 0 Å². The number of esters is 1. The number of nitrogens with one attached hydrogen (secondary N) is 1. The molecule has 0 aliphatic rings. The van der Waals surface area contributed by atoms with Crippen LogP contribution >= 0.6 is 11.6 Å². The lowest BCUT2D eigenvalue weighted by Crippen LogP contribution is -2.08. The lowest BCUT2D eigenvalue weighted by Gasteiger charge is -2.05.